The molecule has 1 aromatic carbocycles. The van der Waals surface area contributed by atoms with Crippen molar-refractivity contribution in [1.29, 1.82) is 0 Å². The minimum absolute atomic E-state index is 0.0378. The van der Waals surface area contributed by atoms with Crippen LogP contribution in [-0.2, 0) is 9.84 Å². The Morgan fingerprint density at radius 1 is 1.50 bits per heavy atom. The highest BCUT2D eigenvalue weighted by atomic mass is 32.2. The van der Waals surface area contributed by atoms with E-state index < -0.39 is 14.8 Å². The Morgan fingerprint density at radius 3 is 2.65 bits per heavy atom. The summed E-state index contributed by atoms with van der Waals surface area (Å²) in [4.78, 5) is 10.4. The predicted molar refractivity (Wildman–Crippen MR) is 75.4 cm³/mol. The molecule has 1 unspecified atom stereocenters. The molecule has 20 heavy (non-hydrogen) atoms. The molecule has 3 N–H and O–H groups in total. The van der Waals surface area contributed by atoms with E-state index in [9.17, 15) is 18.5 Å². The van der Waals surface area contributed by atoms with E-state index in [0.717, 1.165) is 25.2 Å². The monoisotopic (exact) mass is 299 g/mol. The quantitative estimate of drug-likeness (QED) is 0.601. The highest BCUT2D eigenvalue weighted by Crippen LogP contribution is 2.32. The van der Waals surface area contributed by atoms with Gasteiger partial charge < -0.3 is 11.1 Å². The third-order valence-corrected chi connectivity index (χ3v) is 4.46. The van der Waals surface area contributed by atoms with Gasteiger partial charge in [0, 0.05) is 24.9 Å². The molecule has 110 valence electrons. The maximum atomic E-state index is 11.4. The molecule has 1 atom stereocenters. The van der Waals surface area contributed by atoms with Gasteiger partial charge in [-0.05, 0) is 30.9 Å². The fraction of sp³-hybridized carbons (Fsp3) is 0.500. The number of benzene rings is 1. The van der Waals surface area contributed by atoms with E-state index >= 15 is 0 Å². The van der Waals surface area contributed by atoms with Gasteiger partial charge in [0.05, 0.1) is 9.82 Å². The van der Waals surface area contributed by atoms with Crippen LogP contribution >= 0.6 is 0 Å². The summed E-state index contributed by atoms with van der Waals surface area (Å²) in [5.41, 5.74) is 5.96. The summed E-state index contributed by atoms with van der Waals surface area (Å²) in [5, 5.41) is 14.0. The Kier molecular flexibility index (Phi) is 3.96. The smallest absolute Gasteiger partial charge is 0.293 e. The number of nitrogens with zero attached hydrogens (tertiary/aromatic N) is 1. The number of sulfone groups is 1. The largest absolute Gasteiger partial charge is 0.378 e. The summed E-state index contributed by atoms with van der Waals surface area (Å²) in [6.45, 7) is 0.434. The standard InChI is InChI=1S/C12H17N3O4S/c1-20(18,19)9-4-5-11(12(6-9)15(16)17)14-7-10(13)8-2-3-8/h4-6,8,10,14H,2-3,7,13H2,1H3. The van der Waals surface area contributed by atoms with Crippen molar-refractivity contribution >= 4 is 21.2 Å². The topological polar surface area (TPSA) is 115 Å². The molecule has 1 aromatic rings. The van der Waals surface area contributed by atoms with Gasteiger partial charge in [0.1, 0.15) is 5.69 Å². The first-order valence-electron chi connectivity index (χ1n) is 6.27. The normalized spacial score (nSPS) is 16.7. The van der Waals surface area contributed by atoms with Gasteiger partial charge in [-0.2, -0.15) is 0 Å². The van der Waals surface area contributed by atoms with Crippen LogP contribution in [0.3, 0.4) is 0 Å². The average Bonchev–Trinajstić information content (AvgIpc) is 3.18. The van der Waals surface area contributed by atoms with Crippen molar-refractivity contribution in [3.8, 4) is 0 Å². The number of nitro groups is 1. The van der Waals surface area contributed by atoms with Gasteiger partial charge in [-0.15, -0.1) is 0 Å². The number of nitro benzene ring substituents is 1. The molecule has 0 heterocycles. The molecule has 0 aliphatic heterocycles. The van der Waals surface area contributed by atoms with Crippen LogP contribution in [0.2, 0.25) is 0 Å². The van der Waals surface area contributed by atoms with Gasteiger partial charge >= 0.3 is 0 Å². The minimum Gasteiger partial charge on any atom is -0.378 e. The van der Waals surface area contributed by atoms with Gasteiger partial charge in [-0.1, -0.05) is 0 Å². The molecule has 0 spiro atoms. The van der Waals surface area contributed by atoms with E-state index in [1.165, 1.54) is 12.1 Å². The molecule has 0 bridgehead atoms. The number of hydrogen-bond donors (Lipinski definition) is 2. The van der Waals surface area contributed by atoms with Gasteiger partial charge in [-0.3, -0.25) is 10.1 Å². The summed E-state index contributed by atoms with van der Waals surface area (Å²) < 4.78 is 22.8. The van der Waals surface area contributed by atoms with Gasteiger partial charge in [0.25, 0.3) is 5.69 Å². The van der Waals surface area contributed by atoms with Crippen LogP contribution in [0.25, 0.3) is 0 Å². The van der Waals surface area contributed by atoms with Crippen LogP contribution in [0.5, 0.6) is 0 Å². The summed E-state index contributed by atoms with van der Waals surface area (Å²) in [5.74, 6) is 0.483. The molecular weight excluding hydrogens is 282 g/mol. The van der Waals surface area contributed by atoms with Crippen LogP contribution in [0.15, 0.2) is 23.1 Å². The van der Waals surface area contributed by atoms with Crippen molar-refractivity contribution in [3.05, 3.63) is 28.3 Å². The second-order valence-electron chi connectivity index (χ2n) is 5.09. The van der Waals surface area contributed by atoms with E-state index in [0.29, 0.717) is 18.2 Å². The van der Waals surface area contributed by atoms with Crippen LogP contribution in [0.4, 0.5) is 11.4 Å². The number of nitrogens with one attached hydrogen (secondary N) is 1. The van der Waals surface area contributed by atoms with Crippen molar-refractivity contribution in [2.45, 2.75) is 23.8 Å². The third-order valence-electron chi connectivity index (χ3n) is 3.35. The number of anilines is 1. The van der Waals surface area contributed by atoms with Crippen molar-refractivity contribution in [1.82, 2.24) is 0 Å². The van der Waals surface area contributed by atoms with E-state index in [4.69, 9.17) is 5.73 Å². The maximum Gasteiger partial charge on any atom is 0.293 e. The maximum absolute atomic E-state index is 11.4. The third kappa shape index (κ3) is 3.45. The Labute approximate surface area is 117 Å². The van der Waals surface area contributed by atoms with Gasteiger partial charge in [-0.25, -0.2) is 8.42 Å². The lowest BCUT2D eigenvalue weighted by Crippen LogP contribution is -2.31. The molecule has 8 heteroatoms. The molecular formula is C12H17N3O4S. The lowest BCUT2D eigenvalue weighted by Gasteiger charge is -2.13. The van der Waals surface area contributed by atoms with Crippen molar-refractivity contribution in [2.24, 2.45) is 11.7 Å². The molecule has 7 nitrogen and oxygen atoms in total. The van der Waals surface area contributed by atoms with Crippen LogP contribution in [0, 0.1) is 16.0 Å². The fourth-order valence-electron chi connectivity index (χ4n) is 1.96. The molecule has 1 aliphatic rings. The summed E-state index contributed by atoms with van der Waals surface area (Å²) in [7, 11) is -3.47. The average molecular weight is 299 g/mol. The fourth-order valence-corrected chi connectivity index (χ4v) is 2.60. The molecule has 0 radical (unpaired) electrons. The molecule has 1 fully saturated rings. The second-order valence-corrected chi connectivity index (χ2v) is 7.11. The van der Waals surface area contributed by atoms with E-state index in [1.807, 2.05) is 0 Å². The van der Waals surface area contributed by atoms with Crippen LogP contribution in [0.1, 0.15) is 12.8 Å². The molecule has 0 amide bonds. The summed E-state index contributed by atoms with van der Waals surface area (Å²) in [6.07, 6.45) is 3.21. The molecule has 2 rings (SSSR count). The molecule has 1 aliphatic carbocycles. The summed E-state index contributed by atoms with van der Waals surface area (Å²) in [6, 6.07) is 3.80. The summed E-state index contributed by atoms with van der Waals surface area (Å²) >= 11 is 0. The predicted octanol–water partition coefficient (Wildman–Crippen LogP) is 1.15. The molecule has 1 saturated carbocycles. The zero-order valence-electron chi connectivity index (χ0n) is 11.1. The van der Waals surface area contributed by atoms with Crippen molar-refractivity contribution in [2.75, 3.05) is 18.1 Å². The Balaban J connectivity index is 2.21. The van der Waals surface area contributed by atoms with Crippen LogP contribution in [-0.4, -0.2) is 32.2 Å². The van der Waals surface area contributed by atoms with E-state index in [-0.39, 0.29) is 16.6 Å². The number of nitrogens with two attached hydrogens (primary N) is 1. The minimum atomic E-state index is -3.47. The number of hydrogen-bond acceptors (Lipinski definition) is 6. The van der Waals surface area contributed by atoms with E-state index in [1.54, 1.807) is 0 Å². The van der Waals surface area contributed by atoms with Crippen molar-refractivity contribution < 1.29 is 13.3 Å². The zero-order chi connectivity index (χ0) is 14.9. The lowest BCUT2D eigenvalue weighted by atomic mass is 10.2. The van der Waals surface area contributed by atoms with Crippen LogP contribution < -0.4 is 11.1 Å². The first-order chi connectivity index (χ1) is 9.29. The first kappa shape index (κ1) is 14.7. The second kappa shape index (κ2) is 5.37. The zero-order valence-corrected chi connectivity index (χ0v) is 11.9. The first-order valence-corrected chi connectivity index (χ1v) is 8.16. The Bertz CT molecular complexity index is 626. The Morgan fingerprint density at radius 2 is 2.15 bits per heavy atom. The highest BCUT2D eigenvalue weighted by molar-refractivity contribution is 7.90. The number of rotatable bonds is 6. The molecule has 0 saturated heterocycles. The van der Waals surface area contributed by atoms with E-state index in [2.05, 4.69) is 5.32 Å². The lowest BCUT2D eigenvalue weighted by molar-refractivity contribution is -0.384. The SMILES string of the molecule is CS(=O)(=O)c1ccc(NCC(N)C2CC2)c([N+](=O)[O-])c1. The Hall–Kier alpha value is -1.67. The van der Waals surface area contributed by atoms with Crippen molar-refractivity contribution in [3.63, 3.8) is 0 Å². The van der Waals surface area contributed by atoms with Gasteiger partial charge in [0.15, 0.2) is 9.84 Å². The highest BCUT2D eigenvalue weighted by Gasteiger charge is 2.28. The molecule has 0 aromatic heterocycles. The van der Waals surface area contributed by atoms with Gasteiger partial charge in [0.2, 0.25) is 0 Å².